The van der Waals surface area contributed by atoms with Crippen LogP contribution in [0.5, 0.6) is 5.75 Å². The molecule has 0 aliphatic carbocycles. The van der Waals surface area contributed by atoms with Gasteiger partial charge in [0, 0.05) is 6.07 Å². The first-order valence-electron chi connectivity index (χ1n) is 7.07. The van der Waals surface area contributed by atoms with Crippen molar-refractivity contribution < 1.29 is 51.5 Å². The molecule has 5 atom stereocenters. The zero-order valence-electron chi connectivity index (χ0n) is 12.9. The lowest BCUT2D eigenvalue weighted by Gasteiger charge is -2.39. The van der Waals surface area contributed by atoms with E-state index in [2.05, 4.69) is 0 Å². The Balaban J connectivity index is 2.35. The average Bonchev–Trinajstić information content (AvgIpc) is 2.53. The van der Waals surface area contributed by atoms with Crippen LogP contribution in [0.1, 0.15) is 5.56 Å². The Morgan fingerprint density at radius 1 is 1.15 bits per heavy atom. The molecule has 0 bridgehead atoms. The standard InChI is InChI=1S/C13H16F3NO8S/c14-13(15,16)6-2-1-5(3-8(6)26(17,22)23)24-12-11(21)10(20)9(19)7(4-18)25-12/h1-3,7,9-12,18-21H,4H2,(H2,17,22,23)/t7-,9-,10+,11-,12-/m1/s1. The van der Waals surface area contributed by atoms with E-state index in [0.717, 1.165) is 6.07 Å². The van der Waals surface area contributed by atoms with E-state index in [-0.39, 0.29) is 0 Å². The average molecular weight is 403 g/mol. The summed E-state index contributed by atoms with van der Waals surface area (Å²) in [7, 11) is -4.76. The highest BCUT2D eigenvalue weighted by atomic mass is 32.2. The molecule has 2 rings (SSSR count). The van der Waals surface area contributed by atoms with Gasteiger partial charge < -0.3 is 29.9 Å². The minimum atomic E-state index is -5.00. The first kappa shape index (κ1) is 20.8. The van der Waals surface area contributed by atoms with Gasteiger partial charge in [0.2, 0.25) is 16.3 Å². The van der Waals surface area contributed by atoms with Crippen LogP contribution in [0.15, 0.2) is 23.1 Å². The van der Waals surface area contributed by atoms with Crippen molar-refractivity contribution in [1.29, 1.82) is 0 Å². The maximum atomic E-state index is 12.9. The molecular weight excluding hydrogens is 387 g/mol. The van der Waals surface area contributed by atoms with Crippen LogP contribution >= 0.6 is 0 Å². The second-order valence-electron chi connectivity index (χ2n) is 5.52. The molecule has 1 heterocycles. The van der Waals surface area contributed by atoms with Gasteiger partial charge in [0.1, 0.15) is 30.2 Å². The van der Waals surface area contributed by atoms with E-state index in [1.165, 1.54) is 0 Å². The minimum Gasteiger partial charge on any atom is -0.462 e. The van der Waals surface area contributed by atoms with E-state index in [4.69, 9.17) is 19.7 Å². The molecule has 1 fully saturated rings. The third-order valence-corrected chi connectivity index (χ3v) is 4.62. The lowest BCUT2D eigenvalue weighted by Crippen LogP contribution is -2.60. The van der Waals surface area contributed by atoms with Crippen LogP contribution in [0.3, 0.4) is 0 Å². The number of benzene rings is 1. The monoisotopic (exact) mass is 403 g/mol. The number of rotatable bonds is 4. The van der Waals surface area contributed by atoms with Crippen LogP contribution in [-0.2, 0) is 20.9 Å². The van der Waals surface area contributed by atoms with Crippen molar-refractivity contribution in [2.45, 2.75) is 41.8 Å². The largest absolute Gasteiger partial charge is 0.462 e. The summed E-state index contributed by atoms with van der Waals surface area (Å²) in [5.41, 5.74) is -1.51. The Hall–Kier alpha value is -1.48. The van der Waals surface area contributed by atoms with Gasteiger partial charge in [-0.25, -0.2) is 13.6 Å². The summed E-state index contributed by atoms with van der Waals surface area (Å²) < 4.78 is 71.7. The molecule has 0 spiro atoms. The van der Waals surface area contributed by atoms with Gasteiger partial charge >= 0.3 is 6.18 Å². The second-order valence-corrected chi connectivity index (χ2v) is 7.05. The van der Waals surface area contributed by atoms with Crippen LogP contribution in [0.25, 0.3) is 0 Å². The van der Waals surface area contributed by atoms with E-state index in [1.807, 2.05) is 0 Å². The number of primary sulfonamides is 1. The summed E-state index contributed by atoms with van der Waals surface area (Å²) in [4.78, 5) is -1.26. The molecule has 1 saturated heterocycles. The van der Waals surface area contributed by atoms with Crippen molar-refractivity contribution in [3.8, 4) is 5.75 Å². The van der Waals surface area contributed by atoms with Crippen molar-refractivity contribution in [2.75, 3.05) is 6.61 Å². The molecule has 1 aromatic rings. The van der Waals surface area contributed by atoms with Crippen LogP contribution in [0.4, 0.5) is 13.2 Å². The number of halogens is 3. The highest BCUT2D eigenvalue weighted by molar-refractivity contribution is 7.89. The van der Waals surface area contributed by atoms with E-state index in [1.54, 1.807) is 0 Å². The fourth-order valence-electron chi connectivity index (χ4n) is 2.34. The summed E-state index contributed by atoms with van der Waals surface area (Å²) in [5.74, 6) is -0.466. The predicted octanol–water partition coefficient (Wildman–Crippen LogP) is -1.47. The first-order chi connectivity index (χ1) is 11.9. The molecule has 0 aromatic heterocycles. The zero-order chi connectivity index (χ0) is 19.9. The van der Waals surface area contributed by atoms with Crippen LogP contribution in [0.2, 0.25) is 0 Å². The number of aliphatic hydroxyl groups is 4. The van der Waals surface area contributed by atoms with Crippen LogP contribution < -0.4 is 9.88 Å². The SMILES string of the molecule is NS(=O)(=O)c1cc(O[C@@H]2O[C@H](CO)[C@@H](O)[C@H](O)[C@H]2O)ccc1C(F)(F)F. The Morgan fingerprint density at radius 2 is 1.77 bits per heavy atom. The van der Waals surface area contributed by atoms with Crippen molar-refractivity contribution in [3.63, 3.8) is 0 Å². The summed E-state index contributed by atoms with van der Waals surface area (Å²) >= 11 is 0. The van der Waals surface area contributed by atoms with Crippen molar-refractivity contribution in [3.05, 3.63) is 23.8 Å². The molecule has 13 heteroatoms. The molecule has 9 nitrogen and oxygen atoms in total. The molecule has 0 saturated carbocycles. The van der Waals surface area contributed by atoms with Gasteiger partial charge in [0.05, 0.1) is 17.1 Å². The molecule has 26 heavy (non-hydrogen) atoms. The number of nitrogens with two attached hydrogens (primary N) is 1. The second kappa shape index (κ2) is 7.26. The van der Waals surface area contributed by atoms with E-state index in [0.29, 0.717) is 12.1 Å². The highest BCUT2D eigenvalue weighted by Crippen LogP contribution is 2.36. The summed E-state index contributed by atoms with van der Waals surface area (Å²) in [6.45, 7) is -0.750. The lowest BCUT2D eigenvalue weighted by molar-refractivity contribution is -0.277. The molecule has 0 amide bonds. The summed E-state index contributed by atoms with van der Waals surface area (Å²) in [6.07, 6.45) is -13.3. The van der Waals surface area contributed by atoms with Gasteiger partial charge in [-0.1, -0.05) is 0 Å². The Labute approximate surface area is 145 Å². The number of alkyl halides is 3. The number of sulfonamides is 1. The predicted molar refractivity (Wildman–Crippen MR) is 77.2 cm³/mol. The lowest BCUT2D eigenvalue weighted by atomic mass is 9.99. The minimum absolute atomic E-state index is 0.416. The normalized spacial score (nSPS) is 30.2. The maximum absolute atomic E-state index is 12.9. The number of aliphatic hydroxyl groups excluding tert-OH is 4. The summed E-state index contributed by atoms with van der Waals surface area (Å²) in [5, 5.41) is 43.0. The van der Waals surface area contributed by atoms with E-state index in [9.17, 15) is 36.9 Å². The van der Waals surface area contributed by atoms with Gasteiger partial charge in [-0.3, -0.25) is 0 Å². The maximum Gasteiger partial charge on any atom is 0.417 e. The third-order valence-electron chi connectivity index (χ3n) is 3.67. The van der Waals surface area contributed by atoms with Gasteiger partial charge in [0.25, 0.3) is 0 Å². The molecule has 1 aliphatic heterocycles. The van der Waals surface area contributed by atoms with Gasteiger partial charge in [-0.05, 0) is 12.1 Å². The van der Waals surface area contributed by atoms with Crippen molar-refractivity contribution >= 4 is 10.0 Å². The Bertz CT molecular complexity index is 754. The van der Waals surface area contributed by atoms with E-state index < -0.39 is 69.7 Å². The van der Waals surface area contributed by atoms with Gasteiger partial charge in [-0.15, -0.1) is 0 Å². The highest BCUT2D eigenvalue weighted by Gasteiger charge is 2.45. The third kappa shape index (κ3) is 4.25. The molecule has 6 N–H and O–H groups in total. The Kier molecular flexibility index (Phi) is 5.82. The number of hydrogen-bond acceptors (Lipinski definition) is 8. The quantitative estimate of drug-likeness (QED) is 0.407. The Morgan fingerprint density at radius 3 is 2.27 bits per heavy atom. The number of ether oxygens (including phenoxy) is 2. The molecule has 148 valence electrons. The smallest absolute Gasteiger partial charge is 0.417 e. The molecule has 0 unspecified atom stereocenters. The molecule has 1 aromatic carbocycles. The first-order valence-corrected chi connectivity index (χ1v) is 8.62. The fraction of sp³-hybridized carbons (Fsp3) is 0.538. The fourth-order valence-corrected chi connectivity index (χ4v) is 3.12. The van der Waals surface area contributed by atoms with Crippen molar-refractivity contribution in [2.24, 2.45) is 5.14 Å². The van der Waals surface area contributed by atoms with Gasteiger partial charge in [0.15, 0.2) is 0 Å². The van der Waals surface area contributed by atoms with Crippen LogP contribution in [-0.4, -0.2) is 66.2 Å². The molecule has 1 aliphatic rings. The molecular formula is C13H16F3NO8S. The summed E-state index contributed by atoms with van der Waals surface area (Å²) in [6, 6.07) is 1.66. The van der Waals surface area contributed by atoms with Crippen LogP contribution in [0, 0.1) is 0 Å². The van der Waals surface area contributed by atoms with E-state index >= 15 is 0 Å². The van der Waals surface area contributed by atoms with Gasteiger partial charge in [-0.2, -0.15) is 13.2 Å². The number of hydrogen-bond donors (Lipinski definition) is 5. The molecule has 0 radical (unpaired) electrons. The van der Waals surface area contributed by atoms with Crippen molar-refractivity contribution in [1.82, 2.24) is 0 Å². The zero-order valence-corrected chi connectivity index (χ0v) is 13.7. The topological polar surface area (TPSA) is 160 Å².